The summed E-state index contributed by atoms with van der Waals surface area (Å²) in [4.78, 5) is 13.5. The van der Waals surface area contributed by atoms with Crippen LogP contribution < -0.4 is 0 Å². The molecule has 0 aliphatic carbocycles. The lowest BCUT2D eigenvalue weighted by molar-refractivity contribution is 1.23. The van der Waals surface area contributed by atoms with Crippen molar-refractivity contribution in [3.05, 3.63) is 30.9 Å². The zero-order chi connectivity index (χ0) is 8.67. The Morgan fingerprint density at radius 1 is 1.23 bits per heavy atom. The van der Waals surface area contributed by atoms with Gasteiger partial charge in [0.25, 0.3) is 0 Å². The highest BCUT2D eigenvalue weighted by Gasteiger charge is 2.04. The molecule has 3 aromatic rings. The Labute approximate surface area is 78.1 Å². The van der Waals surface area contributed by atoms with Gasteiger partial charge in [0.2, 0.25) is 0 Å². The number of pyridine rings is 1. The lowest BCUT2D eigenvalue weighted by atomic mass is 10.3. The molecule has 0 spiro atoms. The van der Waals surface area contributed by atoms with Crippen molar-refractivity contribution in [2.75, 3.05) is 0 Å². The highest BCUT2D eigenvalue weighted by atomic mass is 32.1. The summed E-state index contributed by atoms with van der Waals surface area (Å²) in [7, 11) is 0. The van der Waals surface area contributed by atoms with Crippen LogP contribution in [0.4, 0.5) is 0 Å². The predicted molar refractivity (Wildman–Crippen MR) is 52.7 cm³/mol. The van der Waals surface area contributed by atoms with Crippen LogP contribution in [0.25, 0.3) is 20.4 Å². The van der Waals surface area contributed by atoms with Crippen LogP contribution in [0, 0.1) is 0 Å². The van der Waals surface area contributed by atoms with E-state index in [1.165, 1.54) is 0 Å². The molecule has 0 unspecified atom stereocenters. The van der Waals surface area contributed by atoms with Crippen molar-refractivity contribution in [2.24, 2.45) is 0 Å². The Balaban J connectivity index is 2.64. The molecule has 0 N–H and O–H groups in total. The summed E-state index contributed by atoms with van der Waals surface area (Å²) in [6.07, 6.45) is 5.17. The molecule has 13 heavy (non-hydrogen) atoms. The van der Waals surface area contributed by atoms with Crippen molar-refractivity contribution in [1.82, 2.24) is 15.0 Å². The maximum absolute atomic E-state index is 4.30. The van der Waals surface area contributed by atoms with Gasteiger partial charge in [0, 0.05) is 12.4 Å². The molecule has 0 radical (unpaired) electrons. The van der Waals surface area contributed by atoms with Crippen molar-refractivity contribution < 1.29 is 0 Å². The second kappa shape index (κ2) is 2.47. The zero-order valence-electron chi connectivity index (χ0n) is 6.64. The highest BCUT2D eigenvalue weighted by Crippen LogP contribution is 2.29. The summed E-state index contributed by atoms with van der Waals surface area (Å²) in [6, 6.07) is 3.99. The minimum atomic E-state index is 1.00. The van der Waals surface area contributed by atoms with Crippen LogP contribution in [-0.2, 0) is 0 Å². The fourth-order valence-corrected chi connectivity index (χ4v) is 2.31. The SMILES string of the molecule is c1cnc2c(c1)sc1ncncc12. The third-order valence-electron chi connectivity index (χ3n) is 1.91. The molecule has 0 aliphatic rings. The van der Waals surface area contributed by atoms with Crippen molar-refractivity contribution in [1.29, 1.82) is 0 Å². The van der Waals surface area contributed by atoms with E-state index in [9.17, 15) is 0 Å². The van der Waals surface area contributed by atoms with Gasteiger partial charge in [-0.2, -0.15) is 0 Å². The maximum Gasteiger partial charge on any atom is 0.129 e. The first-order valence-corrected chi connectivity index (χ1v) is 4.70. The largest absolute Gasteiger partial charge is 0.255 e. The fourth-order valence-electron chi connectivity index (χ4n) is 1.34. The van der Waals surface area contributed by atoms with Crippen molar-refractivity contribution in [3.63, 3.8) is 0 Å². The summed E-state index contributed by atoms with van der Waals surface area (Å²) >= 11 is 1.65. The summed E-state index contributed by atoms with van der Waals surface area (Å²) in [6.45, 7) is 0. The van der Waals surface area contributed by atoms with Gasteiger partial charge in [-0.1, -0.05) is 0 Å². The van der Waals surface area contributed by atoms with E-state index >= 15 is 0 Å². The van der Waals surface area contributed by atoms with Crippen LogP contribution >= 0.6 is 11.3 Å². The van der Waals surface area contributed by atoms with Gasteiger partial charge in [-0.15, -0.1) is 11.3 Å². The zero-order valence-corrected chi connectivity index (χ0v) is 7.45. The average Bonchev–Trinajstić information content (AvgIpc) is 2.56. The number of fused-ring (bicyclic) bond motifs is 3. The van der Waals surface area contributed by atoms with Gasteiger partial charge in [-0.3, -0.25) is 4.98 Å². The average molecular weight is 187 g/mol. The first-order chi connectivity index (χ1) is 6.45. The molecule has 3 aromatic heterocycles. The van der Waals surface area contributed by atoms with Gasteiger partial charge in [-0.25, -0.2) is 9.97 Å². The van der Waals surface area contributed by atoms with Crippen LogP contribution in [0.15, 0.2) is 30.9 Å². The first kappa shape index (κ1) is 6.91. The standard InChI is InChI=1S/C9H5N3S/c1-2-7-8(11-3-1)6-4-10-5-12-9(6)13-7/h1-5H. The van der Waals surface area contributed by atoms with Gasteiger partial charge >= 0.3 is 0 Å². The van der Waals surface area contributed by atoms with Crippen LogP contribution in [0.5, 0.6) is 0 Å². The molecule has 0 fully saturated rings. The van der Waals surface area contributed by atoms with E-state index < -0.39 is 0 Å². The Morgan fingerprint density at radius 2 is 2.23 bits per heavy atom. The number of hydrogen-bond donors (Lipinski definition) is 0. The molecule has 0 atom stereocenters. The van der Waals surface area contributed by atoms with Crippen LogP contribution in [0.3, 0.4) is 0 Å². The van der Waals surface area contributed by atoms with E-state index in [4.69, 9.17) is 0 Å². The van der Waals surface area contributed by atoms with E-state index in [1.807, 2.05) is 12.3 Å². The maximum atomic E-state index is 4.30. The van der Waals surface area contributed by atoms with Crippen molar-refractivity contribution in [2.45, 2.75) is 0 Å². The quantitative estimate of drug-likeness (QED) is 0.541. The van der Waals surface area contributed by atoms with Crippen molar-refractivity contribution in [3.8, 4) is 0 Å². The molecular formula is C9H5N3S. The molecule has 0 saturated carbocycles. The molecule has 3 nitrogen and oxygen atoms in total. The van der Waals surface area contributed by atoms with Gasteiger partial charge in [0.05, 0.1) is 15.6 Å². The molecule has 4 heteroatoms. The van der Waals surface area contributed by atoms with Gasteiger partial charge in [0.1, 0.15) is 11.2 Å². The number of hydrogen-bond acceptors (Lipinski definition) is 4. The molecule has 0 aromatic carbocycles. The molecule has 0 saturated heterocycles. The Morgan fingerprint density at radius 3 is 3.23 bits per heavy atom. The van der Waals surface area contributed by atoms with Gasteiger partial charge in [0.15, 0.2) is 0 Å². The lowest BCUT2D eigenvalue weighted by Gasteiger charge is -1.86. The monoisotopic (exact) mass is 187 g/mol. The summed E-state index contributed by atoms with van der Waals surface area (Å²) in [5.74, 6) is 0. The normalized spacial score (nSPS) is 11.1. The number of aromatic nitrogens is 3. The third-order valence-corrected chi connectivity index (χ3v) is 2.98. The second-order valence-electron chi connectivity index (χ2n) is 2.69. The first-order valence-electron chi connectivity index (χ1n) is 3.88. The van der Waals surface area contributed by atoms with Crippen LogP contribution in [-0.4, -0.2) is 15.0 Å². The lowest BCUT2D eigenvalue weighted by Crippen LogP contribution is -1.75. The topological polar surface area (TPSA) is 38.7 Å². The minimum Gasteiger partial charge on any atom is -0.255 e. The molecule has 0 amide bonds. The van der Waals surface area contributed by atoms with Crippen molar-refractivity contribution >= 4 is 31.8 Å². The van der Waals surface area contributed by atoms with Gasteiger partial charge < -0.3 is 0 Å². The summed E-state index contributed by atoms with van der Waals surface area (Å²) in [5, 5.41) is 1.04. The van der Waals surface area contributed by atoms with Gasteiger partial charge in [-0.05, 0) is 12.1 Å². The molecular weight excluding hydrogens is 182 g/mol. The Bertz CT molecular complexity index is 523. The van der Waals surface area contributed by atoms with E-state index in [2.05, 4.69) is 21.0 Å². The molecule has 62 valence electrons. The molecule has 3 heterocycles. The molecule has 0 bridgehead atoms. The molecule has 0 aliphatic heterocycles. The Hall–Kier alpha value is -1.55. The minimum absolute atomic E-state index is 1.00. The van der Waals surface area contributed by atoms with E-state index in [-0.39, 0.29) is 0 Å². The fraction of sp³-hybridized carbons (Fsp3) is 0. The third kappa shape index (κ3) is 0.922. The number of thiophene rings is 1. The second-order valence-corrected chi connectivity index (χ2v) is 3.72. The number of nitrogens with zero attached hydrogens (tertiary/aromatic N) is 3. The smallest absolute Gasteiger partial charge is 0.129 e. The van der Waals surface area contributed by atoms with Crippen LogP contribution in [0.1, 0.15) is 0 Å². The highest BCUT2D eigenvalue weighted by molar-refractivity contribution is 7.25. The number of rotatable bonds is 0. The van der Waals surface area contributed by atoms with E-state index in [1.54, 1.807) is 23.9 Å². The van der Waals surface area contributed by atoms with Crippen LogP contribution in [0.2, 0.25) is 0 Å². The van der Waals surface area contributed by atoms with E-state index in [0.29, 0.717) is 0 Å². The summed E-state index contributed by atoms with van der Waals surface area (Å²) < 4.78 is 1.16. The van der Waals surface area contributed by atoms with E-state index in [0.717, 1.165) is 20.4 Å². The predicted octanol–water partition coefficient (Wildman–Crippen LogP) is 2.24. The molecule has 3 rings (SSSR count). The summed E-state index contributed by atoms with van der Waals surface area (Å²) in [5.41, 5.74) is 1.00. The Kier molecular flexibility index (Phi) is 1.31.